The Hall–Kier alpha value is -2.30. The molecule has 1 N–H and O–H groups in total. The number of benzene rings is 1. The summed E-state index contributed by atoms with van der Waals surface area (Å²) in [6.45, 7) is 4.09. The van der Waals surface area contributed by atoms with Crippen LogP contribution in [-0.4, -0.2) is 21.8 Å². The number of nitrogens with zero attached hydrogens (tertiary/aromatic N) is 2. The van der Waals surface area contributed by atoms with Crippen LogP contribution < -0.4 is 10.1 Å². The van der Waals surface area contributed by atoms with Gasteiger partial charge in [-0.15, -0.1) is 0 Å². The van der Waals surface area contributed by atoms with Crippen LogP contribution in [0.5, 0.6) is 5.75 Å². The van der Waals surface area contributed by atoms with Crippen LogP contribution in [0.15, 0.2) is 36.7 Å². The number of ether oxygens (including phenoxy) is 1. The van der Waals surface area contributed by atoms with E-state index in [0.717, 1.165) is 17.7 Å². The zero-order valence-electron chi connectivity index (χ0n) is 12.2. The number of hydrogen-bond acceptors (Lipinski definition) is 3. The van der Waals surface area contributed by atoms with Crippen LogP contribution in [-0.2, 0) is 11.2 Å². The Morgan fingerprint density at radius 3 is 2.95 bits per heavy atom. The van der Waals surface area contributed by atoms with E-state index in [0.29, 0.717) is 12.2 Å². The maximum atomic E-state index is 12.3. The number of hydrogen-bond donors (Lipinski definition) is 1. The molecule has 21 heavy (non-hydrogen) atoms. The van der Waals surface area contributed by atoms with Crippen LogP contribution in [0.3, 0.4) is 0 Å². The van der Waals surface area contributed by atoms with Crippen LogP contribution in [0, 0.1) is 0 Å². The predicted molar refractivity (Wildman–Crippen MR) is 80.4 cm³/mol. The number of anilines is 1. The molecule has 0 saturated carbocycles. The number of aryl methyl sites for hydroxylation is 1. The molecule has 0 radical (unpaired) electrons. The highest BCUT2D eigenvalue weighted by molar-refractivity contribution is 5.95. The van der Waals surface area contributed by atoms with Gasteiger partial charge in [0, 0.05) is 11.7 Å². The molecule has 1 aromatic heterocycles. The molecule has 1 amide bonds. The molecule has 0 fully saturated rings. The Bertz CT molecular complexity index is 648. The van der Waals surface area contributed by atoms with E-state index < -0.39 is 6.10 Å². The summed E-state index contributed by atoms with van der Waals surface area (Å²) in [7, 11) is 0. The van der Waals surface area contributed by atoms with E-state index in [1.54, 1.807) is 6.20 Å². The molecule has 1 aliphatic heterocycles. The molecule has 1 aromatic carbocycles. The zero-order valence-corrected chi connectivity index (χ0v) is 12.2. The Kier molecular flexibility index (Phi) is 3.64. The molecule has 5 nitrogen and oxygen atoms in total. The highest BCUT2D eigenvalue weighted by Gasteiger charge is 2.25. The van der Waals surface area contributed by atoms with Crippen molar-refractivity contribution in [1.82, 2.24) is 9.78 Å². The lowest BCUT2D eigenvalue weighted by Crippen LogP contribution is -2.31. The van der Waals surface area contributed by atoms with E-state index in [9.17, 15) is 4.79 Å². The summed E-state index contributed by atoms with van der Waals surface area (Å²) >= 11 is 0. The minimum atomic E-state index is -0.484. The quantitative estimate of drug-likeness (QED) is 0.943. The third-order valence-corrected chi connectivity index (χ3v) is 3.63. The smallest absolute Gasteiger partial charge is 0.265 e. The summed E-state index contributed by atoms with van der Waals surface area (Å²) in [6, 6.07) is 8.14. The van der Waals surface area contributed by atoms with Crippen molar-refractivity contribution in [3.63, 3.8) is 0 Å². The summed E-state index contributed by atoms with van der Waals surface area (Å²) in [6.07, 6.45) is 4.48. The van der Waals surface area contributed by atoms with Crippen molar-refractivity contribution in [3.8, 4) is 5.75 Å². The van der Waals surface area contributed by atoms with E-state index in [1.165, 1.54) is 0 Å². The fraction of sp³-hybridized carbons (Fsp3) is 0.375. The summed E-state index contributed by atoms with van der Waals surface area (Å²) in [5, 5.41) is 7.16. The molecule has 5 heteroatoms. The number of aromatic nitrogens is 2. The Balaban J connectivity index is 1.73. The largest absolute Gasteiger partial charge is 0.477 e. The number of para-hydroxylation sites is 1. The second kappa shape index (κ2) is 5.60. The molecule has 0 bridgehead atoms. The third-order valence-electron chi connectivity index (χ3n) is 3.63. The maximum Gasteiger partial charge on any atom is 0.265 e. The average Bonchev–Trinajstić information content (AvgIpc) is 2.87. The normalized spacial score (nSPS) is 18.0. The fourth-order valence-electron chi connectivity index (χ4n) is 2.43. The van der Waals surface area contributed by atoms with E-state index in [4.69, 9.17) is 4.74 Å². The van der Waals surface area contributed by atoms with Gasteiger partial charge in [0.1, 0.15) is 0 Å². The first-order valence-electron chi connectivity index (χ1n) is 7.23. The molecular formula is C16H19N3O2. The molecule has 2 aromatic rings. The van der Waals surface area contributed by atoms with Crippen LogP contribution in [0.25, 0.3) is 0 Å². The minimum Gasteiger partial charge on any atom is -0.477 e. The first-order valence-corrected chi connectivity index (χ1v) is 7.23. The number of carbonyl (C=O) groups excluding carboxylic acids is 1. The van der Waals surface area contributed by atoms with Gasteiger partial charge in [0.05, 0.1) is 12.4 Å². The standard InChI is InChI=1S/C16H19N3O2/c1-11(2)19-10-13(9-17-19)21-15-8-7-12-5-3-4-6-14(12)18-16(15)20/h3-6,9-11,15H,7-8H2,1-2H3,(H,18,20). The summed E-state index contributed by atoms with van der Waals surface area (Å²) in [4.78, 5) is 12.3. The molecule has 1 aliphatic rings. The minimum absolute atomic E-state index is 0.0998. The Morgan fingerprint density at radius 2 is 2.19 bits per heavy atom. The predicted octanol–water partition coefficient (Wildman–Crippen LogP) is 2.80. The number of amides is 1. The van der Waals surface area contributed by atoms with Gasteiger partial charge in [0.25, 0.3) is 5.91 Å². The molecule has 1 unspecified atom stereocenters. The van der Waals surface area contributed by atoms with Gasteiger partial charge in [-0.1, -0.05) is 18.2 Å². The van der Waals surface area contributed by atoms with E-state index in [2.05, 4.69) is 10.4 Å². The van der Waals surface area contributed by atoms with Gasteiger partial charge in [0.2, 0.25) is 0 Å². The fourth-order valence-corrected chi connectivity index (χ4v) is 2.43. The van der Waals surface area contributed by atoms with Crippen LogP contribution in [0.2, 0.25) is 0 Å². The van der Waals surface area contributed by atoms with Crippen molar-refractivity contribution in [3.05, 3.63) is 42.2 Å². The highest BCUT2D eigenvalue weighted by Crippen LogP contribution is 2.24. The van der Waals surface area contributed by atoms with Crippen LogP contribution in [0.1, 0.15) is 31.9 Å². The zero-order chi connectivity index (χ0) is 14.8. The third kappa shape index (κ3) is 2.91. The lowest BCUT2D eigenvalue weighted by molar-refractivity contribution is -0.122. The summed E-state index contributed by atoms with van der Waals surface area (Å²) in [5.74, 6) is 0.534. The molecule has 3 rings (SSSR count). The SMILES string of the molecule is CC(C)n1cc(OC2CCc3ccccc3NC2=O)cn1. The summed E-state index contributed by atoms with van der Waals surface area (Å²) in [5.41, 5.74) is 2.03. The number of fused-ring (bicyclic) bond motifs is 1. The Morgan fingerprint density at radius 1 is 1.38 bits per heavy atom. The van der Waals surface area contributed by atoms with Crippen molar-refractivity contribution in [2.45, 2.75) is 38.8 Å². The lowest BCUT2D eigenvalue weighted by Gasteiger charge is -2.14. The van der Waals surface area contributed by atoms with Crippen molar-refractivity contribution in [2.75, 3.05) is 5.32 Å². The van der Waals surface area contributed by atoms with Gasteiger partial charge < -0.3 is 10.1 Å². The first-order chi connectivity index (χ1) is 10.1. The molecule has 110 valence electrons. The maximum absolute atomic E-state index is 12.3. The molecule has 0 aliphatic carbocycles. The highest BCUT2D eigenvalue weighted by atomic mass is 16.5. The van der Waals surface area contributed by atoms with E-state index in [-0.39, 0.29) is 11.9 Å². The monoisotopic (exact) mass is 285 g/mol. The molecule has 2 heterocycles. The summed E-state index contributed by atoms with van der Waals surface area (Å²) < 4.78 is 7.63. The van der Waals surface area contributed by atoms with E-state index >= 15 is 0 Å². The van der Waals surface area contributed by atoms with Crippen molar-refractivity contribution in [1.29, 1.82) is 0 Å². The van der Waals surface area contributed by atoms with Crippen LogP contribution in [0.4, 0.5) is 5.69 Å². The topological polar surface area (TPSA) is 56.1 Å². The molecular weight excluding hydrogens is 266 g/mol. The second-order valence-corrected chi connectivity index (χ2v) is 5.54. The van der Waals surface area contributed by atoms with Gasteiger partial charge in [-0.3, -0.25) is 9.48 Å². The van der Waals surface area contributed by atoms with Gasteiger partial charge in [0.15, 0.2) is 11.9 Å². The molecule has 1 atom stereocenters. The molecule has 0 spiro atoms. The lowest BCUT2D eigenvalue weighted by atomic mass is 10.1. The number of rotatable bonds is 3. The number of carbonyl (C=O) groups is 1. The first kappa shape index (κ1) is 13.7. The van der Waals surface area contributed by atoms with Crippen molar-refractivity contribution in [2.24, 2.45) is 0 Å². The second-order valence-electron chi connectivity index (χ2n) is 5.54. The van der Waals surface area contributed by atoms with Crippen LogP contribution >= 0.6 is 0 Å². The molecule has 0 saturated heterocycles. The van der Waals surface area contributed by atoms with E-state index in [1.807, 2.05) is 49.0 Å². The Labute approximate surface area is 123 Å². The van der Waals surface area contributed by atoms with Gasteiger partial charge in [-0.2, -0.15) is 5.10 Å². The van der Waals surface area contributed by atoms with Gasteiger partial charge in [-0.05, 0) is 38.3 Å². The average molecular weight is 285 g/mol. The van der Waals surface area contributed by atoms with Crippen molar-refractivity contribution >= 4 is 11.6 Å². The van der Waals surface area contributed by atoms with Crippen molar-refractivity contribution < 1.29 is 9.53 Å². The van der Waals surface area contributed by atoms with Gasteiger partial charge >= 0.3 is 0 Å². The van der Waals surface area contributed by atoms with Gasteiger partial charge in [-0.25, -0.2) is 0 Å². The number of nitrogens with one attached hydrogen (secondary N) is 1.